The molecule has 0 spiro atoms. The molecule has 0 unspecified atom stereocenters. The zero-order valence-corrected chi connectivity index (χ0v) is 19.2. The van der Waals surface area contributed by atoms with Crippen molar-refractivity contribution in [2.45, 2.75) is 0 Å². The van der Waals surface area contributed by atoms with Gasteiger partial charge in [-0.05, 0) is 84.9 Å². The number of aromatic carboxylic acids is 2. The van der Waals surface area contributed by atoms with Crippen LogP contribution in [-0.2, 0) is 0 Å². The molecule has 2 amide bonds. The van der Waals surface area contributed by atoms with Crippen molar-refractivity contribution >= 4 is 35.1 Å². The van der Waals surface area contributed by atoms with E-state index < -0.39 is 23.8 Å². The number of anilines is 2. The molecule has 4 N–H and O–H groups in total. The molecule has 0 aliphatic heterocycles. The van der Waals surface area contributed by atoms with Crippen molar-refractivity contribution < 1.29 is 34.1 Å². The Hall–Kier alpha value is -5.44. The molecule has 0 atom stereocenters. The first-order chi connectivity index (χ1) is 17.8. The maximum absolute atomic E-state index is 12.5. The number of rotatable bonds is 8. The lowest BCUT2D eigenvalue weighted by atomic mass is 10.1. The third-order valence-electron chi connectivity index (χ3n) is 5.20. The minimum atomic E-state index is -1.09. The molecule has 0 saturated heterocycles. The highest BCUT2D eigenvalue weighted by Crippen LogP contribution is 2.23. The largest absolute Gasteiger partial charge is 0.478 e. The Balaban J connectivity index is 1.36. The number of carbonyl (C=O) groups is 4. The Bertz CT molecular complexity index is 1370. The molecule has 0 aliphatic rings. The molecule has 0 saturated carbocycles. The third kappa shape index (κ3) is 6.37. The molecule has 0 aliphatic carbocycles. The lowest BCUT2D eigenvalue weighted by Crippen LogP contribution is -2.12. The summed E-state index contributed by atoms with van der Waals surface area (Å²) in [7, 11) is 0. The quantitative estimate of drug-likeness (QED) is 0.256. The first-order valence-corrected chi connectivity index (χ1v) is 11.0. The molecule has 4 rings (SSSR count). The fourth-order valence-corrected chi connectivity index (χ4v) is 3.35. The first kappa shape index (κ1) is 24.7. The number of carboxylic acids is 2. The van der Waals surface area contributed by atoms with Gasteiger partial charge in [0.05, 0.1) is 11.1 Å². The summed E-state index contributed by atoms with van der Waals surface area (Å²) < 4.78 is 5.77. The summed E-state index contributed by atoms with van der Waals surface area (Å²) in [5.41, 5.74) is 1.57. The number of benzene rings is 4. The SMILES string of the molecule is O=C(O)c1cccc(NC(=O)c2ccc(Oc3ccc(C(=O)Nc4cccc(C(=O)O)c4)cc3)cc2)c1. The van der Waals surface area contributed by atoms with Gasteiger partial charge in [0.25, 0.3) is 11.8 Å². The highest BCUT2D eigenvalue weighted by atomic mass is 16.5. The van der Waals surface area contributed by atoms with Crippen molar-refractivity contribution in [3.63, 3.8) is 0 Å². The summed E-state index contributed by atoms with van der Waals surface area (Å²) in [6.07, 6.45) is 0. The minimum absolute atomic E-state index is 0.0671. The summed E-state index contributed by atoms with van der Waals surface area (Å²) >= 11 is 0. The third-order valence-corrected chi connectivity index (χ3v) is 5.20. The number of hydrogen-bond donors (Lipinski definition) is 4. The van der Waals surface area contributed by atoms with Gasteiger partial charge < -0.3 is 25.6 Å². The van der Waals surface area contributed by atoms with Gasteiger partial charge >= 0.3 is 11.9 Å². The first-order valence-electron chi connectivity index (χ1n) is 11.0. The molecule has 0 fully saturated rings. The van der Waals surface area contributed by atoms with E-state index in [9.17, 15) is 19.2 Å². The van der Waals surface area contributed by atoms with E-state index in [4.69, 9.17) is 14.9 Å². The monoisotopic (exact) mass is 496 g/mol. The molecular weight excluding hydrogens is 476 g/mol. The number of nitrogens with one attached hydrogen (secondary N) is 2. The average molecular weight is 496 g/mol. The van der Waals surface area contributed by atoms with Gasteiger partial charge in [-0.15, -0.1) is 0 Å². The van der Waals surface area contributed by atoms with E-state index in [2.05, 4.69) is 10.6 Å². The second-order valence-electron chi connectivity index (χ2n) is 7.83. The van der Waals surface area contributed by atoms with E-state index in [1.807, 2.05) is 0 Å². The number of amides is 2. The van der Waals surface area contributed by atoms with E-state index in [0.717, 1.165) is 0 Å². The van der Waals surface area contributed by atoms with Crippen LogP contribution >= 0.6 is 0 Å². The van der Waals surface area contributed by atoms with Crippen molar-refractivity contribution in [3.8, 4) is 11.5 Å². The van der Waals surface area contributed by atoms with E-state index in [-0.39, 0.29) is 11.1 Å². The van der Waals surface area contributed by atoms with Crippen LogP contribution in [0.25, 0.3) is 0 Å². The van der Waals surface area contributed by atoms with Gasteiger partial charge in [-0.25, -0.2) is 9.59 Å². The summed E-state index contributed by atoms with van der Waals surface area (Å²) in [5, 5.41) is 23.5. The van der Waals surface area contributed by atoms with Gasteiger partial charge in [0, 0.05) is 22.5 Å². The summed E-state index contributed by atoms with van der Waals surface area (Å²) in [6.45, 7) is 0. The maximum Gasteiger partial charge on any atom is 0.335 e. The summed E-state index contributed by atoms with van der Waals surface area (Å²) in [4.78, 5) is 47.1. The standard InChI is InChI=1S/C28H20N2O7/c31-25(29-21-5-1-3-19(15-21)27(33)34)17-7-11-23(12-8-17)37-24-13-9-18(10-14-24)26(32)30-22-6-2-4-20(16-22)28(35)36/h1-16H,(H,29,31)(H,30,32)(H,33,34)(H,35,36). The van der Waals surface area contributed by atoms with Crippen molar-refractivity contribution in [1.82, 2.24) is 0 Å². The molecule has 0 aromatic heterocycles. The van der Waals surface area contributed by atoms with E-state index >= 15 is 0 Å². The number of ether oxygens (including phenoxy) is 1. The zero-order valence-electron chi connectivity index (χ0n) is 19.2. The molecule has 184 valence electrons. The molecule has 9 nitrogen and oxygen atoms in total. The lowest BCUT2D eigenvalue weighted by Gasteiger charge is -2.09. The van der Waals surface area contributed by atoms with Crippen molar-refractivity contribution in [3.05, 3.63) is 119 Å². The van der Waals surface area contributed by atoms with E-state index in [1.165, 1.54) is 24.3 Å². The van der Waals surface area contributed by atoms with Crippen LogP contribution in [-0.4, -0.2) is 34.0 Å². The van der Waals surface area contributed by atoms with Gasteiger partial charge in [0.1, 0.15) is 11.5 Å². The molecule has 0 bridgehead atoms. The topological polar surface area (TPSA) is 142 Å². The summed E-state index contributed by atoms with van der Waals surface area (Å²) in [5.74, 6) is -2.05. The molecule has 0 heterocycles. The second kappa shape index (κ2) is 10.9. The second-order valence-corrected chi connectivity index (χ2v) is 7.83. The molecule has 9 heteroatoms. The Morgan fingerprint density at radius 1 is 0.514 bits per heavy atom. The van der Waals surface area contributed by atoms with Crippen molar-refractivity contribution in [2.75, 3.05) is 10.6 Å². The van der Waals surface area contributed by atoms with Crippen LogP contribution in [0.2, 0.25) is 0 Å². The normalized spacial score (nSPS) is 10.3. The maximum atomic E-state index is 12.5. The van der Waals surface area contributed by atoms with E-state index in [1.54, 1.807) is 72.8 Å². The van der Waals surface area contributed by atoms with Crippen LogP contribution in [0.1, 0.15) is 41.4 Å². The molecule has 4 aromatic rings. The highest BCUT2D eigenvalue weighted by Gasteiger charge is 2.11. The van der Waals surface area contributed by atoms with Crippen LogP contribution in [0.3, 0.4) is 0 Å². The van der Waals surface area contributed by atoms with Crippen LogP contribution in [0.15, 0.2) is 97.1 Å². The van der Waals surface area contributed by atoms with Gasteiger partial charge in [0.15, 0.2) is 0 Å². The summed E-state index contributed by atoms with van der Waals surface area (Å²) in [6, 6.07) is 24.6. The Morgan fingerprint density at radius 3 is 1.24 bits per heavy atom. The smallest absolute Gasteiger partial charge is 0.335 e. The van der Waals surface area contributed by atoms with Crippen LogP contribution in [0, 0.1) is 0 Å². The van der Waals surface area contributed by atoms with Crippen molar-refractivity contribution in [1.29, 1.82) is 0 Å². The number of carbonyl (C=O) groups excluding carboxylic acids is 2. The van der Waals surface area contributed by atoms with Gasteiger partial charge in [-0.2, -0.15) is 0 Å². The number of hydrogen-bond acceptors (Lipinski definition) is 5. The molecule has 37 heavy (non-hydrogen) atoms. The Morgan fingerprint density at radius 2 is 0.892 bits per heavy atom. The van der Waals surface area contributed by atoms with Crippen molar-refractivity contribution in [2.24, 2.45) is 0 Å². The minimum Gasteiger partial charge on any atom is -0.478 e. The molecule has 4 aromatic carbocycles. The molecular formula is C28H20N2O7. The predicted molar refractivity (Wildman–Crippen MR) is 136 cm³/mol. The highest BCUT2D eigenvalue weighted by molar-refractivity contribution is 6.05. The Kier molecular flexibility index (Phi) is 7.25. The van der Waals surface area contributed by atoms with Gasteiger partial charge in [-0.3, -0.25) is 9.59 Å². The van der Waals surface area contributed by atoms with Crippen LogP contribution in [0.4, 0.5) is 11.4 Å². The predicted octanol–water partition coefficient (Wildman–Crippen LogP) is 5.38. The average Bonchev–Trinajstić information content (AvgIpc) is 2.89. The van der Waals surface area contributed by atoms with Crippen LogP contribution < -0.4 is 15.4 Å². The fraction of sp³-hybridized carbons (Fsp3) is 0. The number of carboxylic acid groups (broad SMARTS) is 2. The zero-order chi connectivity index (χ0) is 26.4. The van der Waals surface area contributed by atoms with Crippen LogP contribution in [0.5, 0.6) is 11.5 Å². The Labute approximate surface area is 211 Å². The lowest BCUT2D eigenvalue weighted by molar-refractivity contribution is 0.0686. The van der Waals surface area contributed by atoms with E-state index in [0.29, 0.717) is 34.0 Å². The van der Waals surface area contributed by atoms with Gasteiger partial charge in [-0.1, -0.05) is 12.1 Å². The molecule has 0 radical (unpaired) electrons. The van der Waals surface area contributed by atoms with Gasteiger partial charge in [0.2, 0.25) is 0 Å². The fourth-order valence-electron chi connectivity index (χ4n) is 3.35.